The van der Waals surface area contributed by atoms with Gasteiger partial charge in [0.1, 0.15) is 5.75 Å². The number of carbonyl (C=O) groups excluding carboxylic acids is 2. The summed E-state index contributed by atoms with van der Waals surface area (Å²) in [5.41, 5.74) is 0.602. The van der Waals surface area contributed by atoms with Crippen molar-refractivity contribution < 1.29 is 19.1 Å². The second-order valence-electron chi connectivity index (χ2n) is 8.07. The highest BCUT2D eigenvalue weighted by Crippen LogP contribution is 2.36. The number of benzene rings is 1. The maximum atomic E-state index is 13.0. The molecule has 2 amide bonds. The first-order valence-corrected chi connectivity index (χ1v) is 11.9. The van der Waals surface area contributed by atoms with Crippen molar-refractivity contribution in [3.8, 4) is 5.75 Å². The van der Waals surface area contributed by atoms with E-state index in [9.17, 15) is 9.59 Å². The van der Waals surface area contributed by atoms with Gasteiger partial charge in [0, 0.05) is 48.9 Å². The fourth-order valence-corrected chi connectivity index (χ4v) is 6.16. The lowest BCUT2D eigenvalue weighted by Crippen LogP contribution is -2.59. The van der Waals surface area contributed by atoms with E-state index in [2.05, 4.69) is 10.2 Å². The number of rotatable bonds is 6. The minimum atomic E-state index is -0.378. The van der Waals surface area contributed by atoms with Gasteiger partial charge in [-0.1, -0.05) is 11.6 Å². The number of halogens is 1. The summed E-state index contributed by atoms with van der Waals surface area (Å²) in [6.07, 6.45) is 1.26. The molecule has 0 saturated carbocycles. The average molecular weight is 454 g/mol. The first-order valence-electron chi connectivity index (χ1n) is 10.3. The van der Waals surface area contributed by atoms with Crippen molar-refractivity contribution in [2.45, 2.75) is 18.4 Å². The Kier molecular flexibility index (Phi) is 6.77. The molecule has 9 heteroatoms. The molecule has 7 nitrogen and oxygen atoms in total. The van der Waals surface area contributed by atoms with E-state index in [0.717, 1.165) is 44.2 Å². The van der Waals surface area contributed by atoms with Crippen LogP contribution in [0.1, 0.15) is 12.8 Å². The van der Waals surface area contributed by atoms with Gasteiger partial charge in [0.2, 0.25) is 11.8 Å². The molecular weight excluding hydrogens is 426 g/mol. The zero-order chi connectivity index (χ0) is 21.1. The predicted molar refractivity (Wildman–Crippen MR) is 119 cm³/mol. The lowest BCUT2D eigenvalue weighted by molar-refractivity contribution is -0.127. The summed E-state index contributed by atoms with van der Waals surface area (Å²) in [4.78, 5) is 29.7. The van der Waals surface area contributed by atoms with Gasteiger partial charge in [-0.25, -0.2) is 0 Å². The van der Waals surface area contributed by atoms with Gasteiger partial charge in [-0.15, -0.1) is 0 Å². The standard InChI is InChI=1S/C21H28ClN3O4S/c1-28-18-3-2-16(22)11-17(18)25-12-15(10-19(25)26)20(27)23-13-21(4-9-30-14-21)24-5-7-29-8-6-24/h2-3,11,15H,4-10,12-14H2,1H3,(H,23,27). The average Bonchev–Trinajstić information content (AvgIpc) is 3.40. The molecule has 164 valence electrons. The molecule has 3 saturated heterocycles. The Labute approximate surface area is 186 Å². The monoisotopic (exact) mass is 453 g/mol. The highest BCUT2D eigenvalue weighted by molar-refractivity contribution is 7.99. The van der Waals surface area contributed by atoms with E-state index in [1.54, 1.807) is 30.2 Å². The van der Waals surface area contributed by atoms with Crippen molar-refractivity contribution in [2.24, 2.45) is 5.92 Å². The normalized spacial score (nSPS) is 27.5. The molecule has 4 rings (SSSR count). The fourth-order valence-electron chi connectivity index (χ4n) is 4.52. The van der Waals surface area contributed by atoms with Gasteiger partial charge in [-0.3, -0.25) is 14.5 Å². The largest absolute Gasteiger partial charge is 0.495 e. The van der Waals surface area contributed by atoms with E-state index >= 15 is 0 Å². The van der Waals surface area contributed by atoms with E-state index in [-0.39, 0.29) is 29.7 Å². The summed E-state index contributed by atoms with van der Waals surface area (Å²) in [6, 6.07) is 5.17. The Morgan fingerprint density at radius 2 is 2.20 bits per heavy atom. The van der Waals surface area contributed by atoms with Crippen molar-refractivity contribution in [1.29, 1.82) is 0 Å². The minimum Gasteiger partial charge on any atom is -0.495 e. The second kappa shape index (κ2) is 9.34. The Morgan fingerprint density at radius 3 is 2.90 bits per heavy atom. The number of thioether (sulfide) groups is 1. The maximum Gasteiger partial charge on any atom is 0.227 e. The summed E-state index contributed by atoms with van der Waals surface area (Å²) < 4.78 is 10.9. The van der Waals surface area contributed by atoms with E-state index in [1.807, 2.05) is 11.8 Å². The Bertz CT molecular complexity index is 796. The summed E-state index contributed by atoms with van der Waals surface area (Å²) in [6.45, 7) is 4.24. The number of hydrogen-bond donors (Lipinski definition) is 1. The first-order chi connectivity index (χ1) is 14.5. The first kappa shape index (κ1) is 21.7. The quantitative estimate of drug-likeness (QED) is 0.710. The van der Waals surface area contributed by atoms with Crippen molar-refractivity contribution >= 4 is 40.9 Å². The highest BCUT2D eigenvalue weighted by Gasteiger charge is 2.42. The topological polar surface area (TPSA) is 71.1 Å². The summed E-state index contributed by atoms with van der Waals surface area (Å²) in [5, 5.41) is 3.69. The van der Waals surface area contributed by atoms with Gasteiger partial charge in [-0.2, -0.15) is 11.8 Å². The van der Waals surface area contributed by atoms with Gasteiger partial charge >= 0.3 is 0 Å². The minimum absolute atomic E-state index is 0.0113. The van der Waals surface area contributed by atoms with Crippen molar-refractivity contribution in [2.75, 3.05) is 62.9 Å². The molecule has 1 aromatic rings. The van der Waals surface area contributed by atoms with Gasteiger partial charge < -0.3 is 19.7 Å². The zero-order valence-electron chi connectivity index (χ0n) is 17.2. The molecule has 1 aromatic carbocycles. The van der Waals surface area contributed by atoms with Crippen LogP contribution in [0.2, 0.25) is 5.02 Å². The second-order valence-corrected chi connectivity index (χ2v) is 9.61. The van der Waals surface area contributed by atoms with Crippen molar-refractivity contribution in [3.05, 3.63) is 23.2 Å². The maximum absolute atomic E-state index is 13.0. The molecule has 3 fully saturated rings. The SMILES string of the molecule is COc1ccc(Cl)cc1N1CC(C(=O)NCC2(N3CCOCC3)CCSC2)CC1=O. The predicted octanol–water partition coefficient (Wildman–Crippen LogP) is 2.03. The Balaban J connectivity index is 1.41. The number of methoxy groups -OCH3 is 1. The van der Waals surface area contributed by atoms with Crippen molar-refractivity contribution in [3.63, 3.8) is 0 Å². The molecule has 0 aromatic heterocycles. The molecule has 1 N–H and O–H groups in total. The molecule has 0 aliphatic carbocycles. The number of nitrogens with one attached hydrogen (secondary N) is 1. The van der Waals surface area contributed by atoms with Crippen LogP contribution < -0.4 is 15.0 Å². The van der Waals surface area contributed by atoms with Crippen LogP contribution in [-0.4, -0.2) is 80.3 Å². The third-order valence-electron chi connectivity index (χ3n) is 6.28. The van der Waals surface area contributed by atoms with Crippen LogP contribution in [0, 0.1) is 5.92 Å². The molecule has 3 aliphatic rings. The van der Waals surface area contributed by atoms with Gasteiger partial charge in [0.15, 0.2) is 0 Å². The van der Waals surface area contributed by atoms with E-state index in [1.165, 1.54) is 0 Å². The molecular formula is C21H28ClN3O4S. The third-order valence-corrected chi connectivity index (χ3v) is 7.75. The van der Waals surface area contributed by atoms with Crippen LogP contribution in [0.25, 0.3) is 0 Å². The number of morpholine rings is 1. The van der Waals surface area contributed by atoms with E-state index < -0.39 is 0 Å². The molecule has 0 bridgehead atoms. The number of carbonyl (C=O) groups is 2. The number of anilines is 1. The fraction of sp³-hybridized carbons (Fsp3) is 0.619. The number of nitrogens with zero attached hydrogens (tertiary/aromatic N) is 2. The molecule has 3 aliphatic heterocycles. The number of ether oxygens (including phenoxy) is 2. The van der Waals surface area contributed by atoms with Crippen LogP contribution >= 0.6 is 23.4 Å². The summed E-state index contributed by atoms with van der Waals surface area (Å²) in [7, 11) is 1.56. The number of amides is 2. The van der Waals surface area contributed by atoms with Crippen LogP contribution in [-0.2, 0) is 14.3 Å². The van der Waals surface area contributed by atoms with Crippen LogP contribution in [0.4, 0.5) is 5.69 Å². The van der Waals surface area contributed by atoms with E-state index in [0.29, 0.717) is 29.5 Å². The van der Waals surface area contributed by atoms with Gasteiger partial charge in [0.25, 0.3) is 0 Å². The molecule has 30 heavy (non-hydrogen) atoms. The molecule has 0 spiro atoms. The summed E-state index contributed by atoms with van der Waals surface area (Å²) >= 11 is 8.06. The molecule has 2 atom stereocenters. The smallest absolute Gasteiger partial charge is 0.227 e. The van der Waals surface area contributed by atoms with E-state index in [4.69, 9.17) is 21.1 Å². The Hall–Kier alpha value is -1.48. The van der Waals surface area contributed by atoms with Crippen LogP contribution in [0.15, 0.2) is 18.2 Å². The lowest BCUT2D eigenvalue weighted by Gasteiger charge is -2.43. The van der Waals surface area contributed by atoms with Crippen LogP contribution in [0.5, 0.6) is 5.75 Å². The van der Waals surface area contributed by atoms with Gasteiger partial charge in [0.05, 0.1) is 31.9 Å². The van der Waals surface area contributed by atoms with Gasteiger partial charge in [-0.05, 0) is 30.4 Å². The number of hydrogen-bond acceptors (Lipinski definition) is 6. The van der Waals surface area contributed by atoms with Crippen LogP contribution in [0.3, 0.4) is 0 Å². The summed E-state index contributed by atoms with van der Waals surface area (Å²) in [5.74, 6) is 2.17. The highest BCUT2D eigenvalue weighted by atomic mass is 35.5. The third kappa shape index (κ3) is 4.42. The Morgan fingerprint density at radius 1 is 1.40 bits per heavy atom. The lowest BCUT2D eigenvalue weighted by atomic mass is 9.95. The molecule has 0 radical (unpaired) electrons. The van der Waals surface area contributed by atoms with Crippen molar-refractivity contribution in [1.82, 2.24) is 10.2 Å². The zero-order valence-corrected chi connectivity index (χ0v) is 18.8. The molecule has 3 heterocycles. The molecule has 2 unspecified atom stereocenters.